The fraction of sp³-hybridized carbons (Fsp3) is 0.400. The molecule has 1 saturated heterocycles. The van der Waals surface area contributed by atoms with Crippen molar-refractivity contribution in [1.82, 2.24) is 29.6 Å². The van der Waals surface area contributed by atoms with Gasteiger partial charge in [0.15, 0.2) is 5.65 Å². The van der Waals surface area contributed by atoms with Crippen molar-refractivity contribution < 1.29 is 4.79 Å². The molecule has 1 aliphatic rings. The molecule has 1 fully saturated rings. The number of hydrogen-bond acceptors (Lipinski definition) is 6. The van der Waals surface area contributed by atoms with Crippen LogP contribution >= 0.6 is 0 Å². The molecule has 0 unspecified atom stereocenters. The number of aromatic nitrogens is 6. The Morgan fingerprint density at radius 3 is 2.59 bits per heavy atom. The number of rotatable bonds is 4. The van der Waals surface area contributed by atoms with Crippen molar-refractivity contribution in [3.8, 4) is 5.69 Å². The van der Waals surface area contributed by atoms with Crippen molar-refractivity contribution in [3.63, 3.8) is 0 Å². The predicted molar refractivity (Wildman–Crippen MR) is 131 cm³/mol. The van der Waals surface area contributed by atoms with Gasteiger partial charge in [0.1, 0.15) is 18.0 Å². The van der Waals surface area contributed by atoms with E-state index in [0.717, 1.165) is 54.3 Å². The Bertz CT molecular complexity index is 1320. The molecule has 0 bridgehead atoms. The summed E-state index contributed by atoms with van der Waals surface area (Å²) in [5, 5.41) is 20.5. The molecule has 4 aromatic rings. The van der Waals surface area contributed by atoms with Gasteiger partial charge in [-0.15, -0.1) is 15.3 Å². The fourth-order valence-corrected chi connectivity index (χ4v) is 4.28. The number of nitrogens with one attached hydrogen (secondary N) is 1. The Balaban J connectivity index is 1.31. The summed E-state index contributed by atoms with van der Waals surface area (Å²) in [7, 11) is 0. The highest BCUT2D eigenvalue weighted by atomic mass is 16.2. The Morgan fingerprint density at radius 1 is 1.06 bits per heavy atom. The SMILES string of the molecule is Cc1cccc(-n2nc(C(C)(C)C)cc2NC(=O)C2CCN(c3ccc4nncn4n3)CC2)c1. The molecule has 3 aromatic heterocycles. The van der Waals surface area contributed by atoms with Gasteiger partial charge in [0.25, 0.3) is 0 Å². The molecule has 0 radical (unpaired) electrons. The van der Waals surface area contributed by atoms with Gasteiger partial charge in [0.05, 0.1) is 11.4 Å². The van der Waals surface area contributed by atoms with Crippen LogP contribution in [0.5, 0.6) is 0 Å². The third kappa shape index (κ3) is 4.37. The summed E-state index contributed by atoms with van der Waals surface area (Å²) < 4.78 is 3.52. The summed E-state index contributed by atoms with van der Waals surface area (Å²) in [4.78, 5) is 15.5. The molecule has 1 aliphatic heterocycles. The second-order valence-electron chi connectivity index (χ2n) is 9.99. The Hall–Kier alpha value is -3.75. The zero-order chi connectivity index (χ0) is 23.9. The van der Waals surface area contributed by atoms with Crippen LogP contribution < -0.4 is 10.2 Å². The molecular weight excluding hydrogens is 428 g/mol. The van der Waals surface area contributed by atoms with Gasteiger partial charge in [0.2, 0.25) is 5.91 Å². The van der Waals surface area contributed by atoms with Crippen molar-refractivity contribution >= 4 is 23.2 Å². The number of amides is 1. The maximum absolute atomic E-state index is 13.3. The van der Waals surface area contributed by atoms with Crippen LogP contribution in [0.3, 0.4) is 0 Å². The maximum Gasteiger partial charge on any atom is 0.228 e. The highest BCUT2D eigenvalue weighted by Crippen LogP contribution is 2.28. The average Bonchev–Trinajstić information content (AvgIpc) is 3.45. The monoisotopic (exact) mass is 458 g/mol. The van der Waals surface area contributed by atoms with Crippen molar-refractivity contribution in [2.45, 2.75) is 46.0 Å². The van der Waals surface area contributed by atoms with E-state index < -0.39 is 0 Å². The first kappa shape index (κ1) is 22.1. The average molecular weight is 459 g/mol. The van der Waals surface area contributed by atoms with Crippen molar-refractivity contribution in [1.29, 1.82) is 0 Å². The van der Waals surface area contributed by atoms with E-state index in [0.29, 0.717) is 5.82 Å². The van der Waals surface area contributed by atoms with Gasteiger partial charge in [-0.1, -0.05) is 32.9 Å². The predicted octanol–water partition coefficient (Wildman–Crippen LogP) is 3.77. The Morgan fingerprint density at radius 2 is 1.85 bits per heavy atom. The lowest BCUT2D eigenvalue weighted by Crippen LogP contribution is -2.39. The van der Waals surface area contributed by atoms with Crippen LogP contribution in [0.4, 0.5) is 11.6 Å². The van der Waals surface area contributed by atoms with E-state index in [1.165, 1.54) is 0 Å². The number of carbonyl (C=O) groups is 1. The molecule has 1 aromatic carbocycles. The summed E-state index contributed by atoms with van der Waals surface area (Å²) >= 11 is 0. The third-order valence-electron chi connectivity index (χ3n) is 6.31. The molecule has 0 spiro atoms. The van der Waals surface area contributed by atoms with Crippen LogP contribution in [0.1, 0.15) is 44.9 Å². The lowest BCUT2D eigenvalue weighted by Gasteiger charge is -2.32. The number of piperidine rings is 1. The Labute approximate surface area is 198 Å². The van der Waals surface area contributed by atoms with Gasteiger partial charge in [0, 0.05) is 30.5 Å². The highest BCUT2D eigenvalue weighted by Gasteiger charge is 2.28. The fourth-order valence-electron chi connectivity index (χ4n) is 4.28. The number of benzene rings is 1. The summed E-state index contributed by atoms with van der Waals surface area (Å²) in [5.41, 5.74) is 3.62. The number of fused-ring (bicyclic) bond motifs is 1. The molecule has 4 heterocycles. The second kappa shape index (κ2) is 8.55. The second-order valence-corrected chi connectivity index (χ2v) is 9.99. The minimum Gasteiger partial charge on any atom is -0.355 e. The van der Waals surface area contributed by atoms with Crippen molar-refractivity contribution in [3.05, 3.63) is 60.0 Å². The van der Waals surface area contributed by atoms with Crippen LogP contribution in [0.2, 0.25) is 0 Å². The van der Waals surface area contributed by atoms with Gasteiger partial charge in [-0.05, 0) is 49.6 Å². The van der Waals surface area contributed by atoms with E-state index in [4.69, 9.17) is 5.10 Å². The summed E-state index contributed by atoms with van der Waals surface area (Å²) in [5.74, 6) is 1.56. The molecular formula is C25H30N8O. The first-order valence-corrected chi connectivity index (χ1v) is 11.7. The van der Waals surface area contributed by atoms with Crippen LogP contribution in [-0.2, 0) is 10.2 Å². The van der Waals surface area contributed by atoms with Crippen LogP contribution in [-0.4, -0.2) is 48.6 Å². The number of nitrogens with zero attached hydrogens (tertiary/aromatic N) is 7. The van der Waals surface area contributed by atoms with Gasteiger partial charge in [-0.25, -0.2) is 4.68 Å². The molecule has 0 atom stereocenters. The molecule has 9 nitrogen and oxygen atoms in total. The molecule has 0 aliphatic carbocycles. The van der Waals surface area contributed by atoms with Crippen molar-refractivity contribution in [2.75, 3.05) is 23.3 Å². The van der Waals surface area contributed by atoms with E-state index in [1.54, 1.807) is 10.8 Å². The number of hydrogen-bond donors (Lipinski definition) is 1. The van der Waals surface area contributed by atoms with E-state index in [9.17, 15) is 4.79 Å². The molecule has 1 N–H and O–H groups in total. The van der Waals surface area contributed by atoms with E-state index >= 15 is 0 Å². The summed E-state index contributed by atoms with van der Waals surface area (Å²) in [6.07, 6.45) is 3.12. The zero-order valence-corrected chi connectivity index (χ0v) is 20.1. The lowest BCUT2D eigenvalue weighted by atomic mass is 9.92. The normalized spacial score (nSPS) is 15.1. The van der Waals surface area contributed by atoms with Crippen LogP contribution in [0.25, 0.3) is 11.3 Å². The largest absolute Gasteiger partial charge is 0.355 e. The standard InChI is InChI=1S/C25H30N8O/c1-17-6-5-7-19(14-17)33-23(15-20(29-33)25(2,3)4)27-24(34)18-10-12-31(13-11-18)22-9-8-21-28-26-16-32(21)30-22/h5-9,14-16,18H,10-13H2,1-4H3,(H,27,34). The van der Waals surface area contributed by atoms with Gasteiger partial charge in [-0.3, -0.25) is 4.79 Å². The topological polar surface area (TPSA) is 93.2 Å². The van der Waals surface area contributed by atoms with Crippen molar-refractivity contribution in [2.24, 2.45) is 5.92 Å². The minimum atomic E-state index is -0.126. The quantitative estimate of drug-likeness (QED) is 0.500. The van der Waals surface area contributed by atoms with Crippen LogP contribution in [0, 0.1) is 12.8 Å². The molecule has 34 heavy (non-hydrogen) atoms. The summed E-state index contributed by atoms with van der Waals surface area (Å²) in [6.45, 7) is 9.97. The van der Waals surface area contributed by atoms with E-state index in [-0.39, 0.29) is 17.2 Å². The third-order valence-corrected chi connectivity index (χ3v) is 6.31. The minimum absolute atomic E-state index is 0.0381. The van der Waals surface area contributed by atoms with Gasteiger partial charge >= 0.3 is 0 Å². The molecule has 176 valence electrons. The zero-order valence-electron chi connectivity index (χ0n) is 20.1. The maximum atomic E-state index is 13.3. The summed E-state index contributed by atoms with van der Waals surface area (Å²) in [6, 6.07) is 14.0. The first-order valence-electron chi connectivity index (χ1n) is 11.7. The highest BCUT2D eigenvalue weighted by molar-refractivity contribution is 5.92. The number of carbonyl (C=O) groups excluding carboxylic acids is 1. The Kier molecular flexibility index (Phi) is 5.55. The number of anilines is 2. The molecule has 0 saturated carbocycles. The lowest BCUT2D eigenvalue weighted by molar-refractivity contribution is -0.120. The van der Waals surface area contributed by atoms with Crippen LogP contribution in [0.15, 0.2) is 48.8 Å². The van der Waals surface area contributed by atoms with E-state index in [2.05, 4.69) is 65.3 Å². The first-order chi connectivity index (χ1) is 16.3. The number of aryl methyl sites for hydroxylation is 1. The smallest absolute Gasteiger partial charge is 0.228 e. The van der Waals surface area contributed by atoms with E-state index in [1.807, 2.05) is 35.0 Å². The molecule has 5 rings (SSSR count). The van der Waals surface area contributed by atoms with Gasteiger partial charge in [-0.2, -0.15) is 9.61 Å². The van der Waals surface area contributed by atoms with Gasteiger partial charge < -0.3 is 10.2 Å². The molecule has 9 heteroatoms. The molecule has 1 amide bonds.